The van der Waals surface area contributed by atoms with E-state index in [1.165, 1.54) is 30.8 Å². The Morgan fingerprint density at radius 2 is 2.04 bits per heavy atom. The topological polar surface area (TPSA) is 79.8 Å². The monoisotopic (exact) mass is 328 g/mol. The molecule has 1 atom stereocenters. The van der Waals surface area contributed by atoms with Crippen molar-refractivity contribution in [3.8, 4) is 6.07 Å². The summed E-state index contributed by atoms with van der Waals surface area (Å²) in [7, 11) is 2.83. The Morgan fingerprint density at radius 3 is 2.75 bits per heavy atom. The van der Waals surface area contributed by atoms with Gasteiger partial charge in [0, 0.05) is 14.1 Å². The first kappa shape index (κ1) is 16.0. The van der Waals surface area contributed by atoms with Gasteiger partial charge in [0.1, 0.15) is 17.7 Å². The average Bonchev–Trinajstić information content (AvgIpc) is 2.58. The summed E-state index contributed by atoms with van der Waals surface area (Å²) in [4.78, 5) is 24.3. The molecule has 0 aliphatic heterocycles. The molecule has 0 amide bonds. The lowest BCUT2D eigenvalue weighted by atomic mass is 9.87. The highest BCUT2D eigenvalue weighted by Gasteiger charge is 2.24. The summed E-state index contributed by atoms with van der Waals surface area (Å²) >= 11 is 0. The number of benzene rings is 1. The van der Waals surface area contributed by atoms with Crippen LogP contribution in [0.2, 0.25) is 0 Å². The maximum Gasteiger partial charge on any atom is 0.332 e. The van der Waals surface area contributed by atoms with E-state index in [1.807, 2.05) is 6.07 Å². The van der Waals surface area contributed by atoms with Gasteiger partial charge in [0.15, 0.2) is 5.56 Å². The van der Waals surface area contributed by atoms with Gasteiger partial charge in [-0.2, -0.15) is 5.26 Å². The SMILES string of the molecule is Cn1c(NC2CCCc3ccc(F)cc32)c(C#N)c(=O)n(C)c1=O. The van der Waals surface area contributed by atoms with E-state index in [4.69, 9.17) is 0 Å². The van der Waals surface area contributed by atoms with Crippen LogP contribution in [0.4, 0.5) is 10.2 Å². The summed E-state index contributed by atoms with van der Waals surface area (Å²) < 4.78 is 15.8. The van der Waals surface area contributed by atoms with Gasteiger partial charge < -0.3 is 5.32 Å². The zero-order chi connectivity index (χ0) is 17.4. The van der Waals surface area contributed by atoms with Gasteiger partial charge in [-0.05, 0) is 42.5 Å². The standard InChI is InChI=1S/C17H17FN4O2/c1-21-15(13(9-19)16(23)22(2)17(21)24)20-14-5-3-4-10-6-7-11(18)8-12(10)14/h6-8,14,20H,3-5H2,1-2H3. The summed E-state index contributed by atoms with van der Waals surface area (Å²) in [5, 5.41) is 12.5. The first-order valence-electron chi connectivity index (χ1n) is 7.69. The van der Waals surface area contributed by atoms with Crippen molar-refractivity contribution in [3.05, 3.63) is 61.5 Å². The minimum Gasteiger partial charge on any atom is -0.363 e. The van der Waals surface area contributed by atoms with E-state index in [9.17, 15) is 19.2 Å². The quantitative estimate of drug-likeness (QED) is 0.908. The van der Waals surface area contributed by atoms with E-state index < -0.39 is 11.2 Å². The molecule has 1 aromatic heterocycles. The Bertz CT molecular complexity index is 968. The largest absolute Gasteiger partial charge is 0.363 e. The Labute approximate surface area is 137 Å². The molecule has 1 aliphatic rings. The molecule has 1 aromatic carbocycles. The van der Waals surface area contributed by atoms with Crippen LogP contribution in [-0.2, 0) is 20.5 Å². The lowest BCUT2D eigenvalue weighted by Crippen LogP contribution is -2.40. The number of nitrogens with zero attached hydrogens (tertiary/aromatic N) is 3. The molecule has 124 valence electrons. The highest BCUT2D eigenvalue weighted by atomic mass is 19.1. The molecule has 1 heterocycles. The van der Waals surface area contributed by atoms with E-state index in [1.54, 1.807) is 6.07 Å². The van der Waals surface area contributed by atoms with Crippen LogP contribution in [0.15, 0.2) is 27.8 Å². The number of anilines is 1. The molecule has 0 saturated carbocycles. The van der Waals surface area contributed by atoms with Crippen LogP contribution in [0.5, 0.6) is 0 Å². The highest BCUT2D eigenvalue weighted by Crippen LogP contribution is 2.33. The van der Waals surface area contributed by atoms with Crippen LogP contribution in [0, 0.1) is 17.1 Å². The zero-order valence-electron chi connectivity index (χ0n) is 13.5. The number of rotatable bonds is 2. The van der Waals surface area contributed by atoms with Gasteiger partial charge in [0.05, 0.1) is 6.04 Å². The fraction of sp³-hybridized carbons (Fsp3) is 0.353. The molecule has 7 heteroatoms. The van der Waals surface area contributed by atoms with Crippen molar-refractivity contribution in [3.63, 3.8) is 0 Å². The number of aryl methyl sites for hydroxylation is 1. The second kappa shape index (κ2) is 5.96. The number of hydrogen-bond donors (Lipinski definition) is 1. The van der Waals surface area contributed by atoms with Crippen LogP contribution in [0.1, 0.15) is 35.6 Å². The Balaban J connectivity index is 2.12. The molecular weight excluding hydrogens is 311 g/mol. The number of fused-ring (bicyclic) bond motifs is 1. The lowest BCUT2D eigenvalue weighted by molar-refractivity contribution is 0.572. The summed E-state index contributed by atoms with van der Waals surface area (Å²) in [6.07, 6.45) is 2.48. The van der Waals surface area contributed by atoms with E-state index in [2.05, 4.69) is 5.32 Å². The van der Waals surface area contributed by atoms with E-state index >= 15 is 0 Å². The fourth-order valence-electron chi connectivity index (χ4n) is 3.20. The molecule has 0 saturated heterocycles. The zero-order valence-corrected chi connectivity index (χ0v) is 13.5. The Kier molecular flexibility index (Phi) is 3.97. The van der Waals surface area contributed by atoms with Crippen molar-refractivity contribution in [2.75, 3.05) is 5.32 Å². The number of nitrogens with one attached hydrogen (secondary N) is 1. The molecule has 0 spiro atoms. The predicted molar refractivity (Wildman–Crippen MR) is 87.3 cm³/mol. The van der Waals surface area contributed by atoms with E-state index in [0.29, 0.717) is 0 Å². The lowest BCUT2D eigenvalue weighted by Gasteiger charge is -2.28. The molecule has 0 fully saturated rings. The molecule has 1 N–H and O–H groups in total. The van der Waals surface area contributed by atoms with Crippen LogP contribution in [0.25, 0.3) is 0 Å². The number of nitriles is 1. The van der Waals surface area contributed by atoms with Crippen molar-refractivity contribution in [1.29, 1.82) is 5.26 Å². The van der Waals surface area contributed by atoms with Crippen molar-refractivity contribution < 1.29 is 4.39 Å². The second-order valence-corrected chi connectivity index (χ2v) is 5.97. The van der Waals surface area contributed by atoms with Gasteiger partial charge in [0.2, 0.25) is 0 Å². The number of hydrogen-bond acceptors (Lipinski definition) is 4. The van der Waals surface area contributed by atoms with Crippen LogP contribution < -0.4 is 16.6 Å². The summed E-state index contributed by atoms with van der Waals surface area (Å²) in [5.74, 6) is -0.159. The fourth-order valence-corrected chi connectivity index (χ4v) is 3.20. The summed E-state index contributed by atoms with van der Waals surface area (Å²) in [6.45, 7) is 0. The normalized spacial score (nSPS) is 16.3. The first-order chi connectivity index (χ1) is 11.4. The van der Waals surface area contributed by atoms with Crippen LogP contribution >= 0.6 is 0 Å². The van der Waals surface area contributed by atoms with Gasteiger partial charge in [-0.1, -0.05) is 6.07 Å². The molecule has 2 aromatic rings. The smallest absolute Gasteiger partial charge is 0.332 e. The third kappa shape index (κ3) is 2.50. The maximum absolute atomic E-state index is 13.6. The second-order valence-electron chi connectivity index (χ2n) is 5.97. The molecule has 3 rings (SSSR count). The van der Waals surface area contributed by atoms with Gasteiger partial charge in [-0.15, -0.1) is 0 Å². The highest BCUT2D eigenvalue weighted by molar-refractivity contribution is 5.53. The van der Waals surface area contributed by atoms with Crippen molar-refractivity contribution >= 4 is 5.82 Å². The predicted octanol–water partition coefficient (Wildman–Crippen LogP) is 1.58. The Hall–Kier alpha value is -2.88. The molecule has 1 unspecified atom stereocenters. The number of aromatic nitrogens is 2. The first-order valence-corrected chi connectivity index (χ1v) is 7.69. The Morgan fingerprint density at radius 1 is 1.29 bits per heavy atom. The van der Waals surface area contributed by atoms with E-state index in [0.717, 1.165) is 35.0 Å². The van der Waals surface area contributed by atoms with Gasteiger partial charge >= 0.3 is 5.69 Å². The minimum absolute atomic E-state index is 0.122. The average molecular weight is 328 g/mol. The summed E-state index contributed by atoms with van der Waals surface area (Å²) in [5.41, 5.74) is 0.559. The van der Waals surface area contributed by atoms with Crippen molar-refractivity contribution in [2.45, 2.75) is 25.3 Å². The third-order valence-corrected chi connectivity index (χ3v) is 4.51. The van der Waals surface area contributed by atoms with Gasteiger partial charge in [-0.25, -0.2) is 9.18 Å². The number of halogens is 1. The summed E-state index contributed by atoms with van der Waals surface area (Å²) in [6, 6.07) is 6.27. The third-order valence-electron chi connectivity index (χ3n) is 4.51. The minimum atomic E-state index is -0.640. The van der Waals surface area contributed by atoms with Gasteiger partial charge in [-0.3, -0.25) is 13.9 Å². The molecule has 1 aliphatic carbocycles. The van der Waals surface area contributed by atoms with Crippen molar-refractivity contribution in [2.24, 2.45) is 14.1 Å². The molecule has 24 heavy (non-hydrogen) atoms. The van der Waals surface area contributed by atoms with Gasteiger partial charge in [0.25, 0.3) is 5.56 Å². The van der Waals surface area contributed by atoms with Crippen LogP contribution in [-0.4, -0.2) is 9.13 Å². The van der Waals surface area contributed by atoms with E-state index in [-0.39, 0.29) is 23.2 Å². The molecule has 0 radical (unpaired) electrons. The van der Waals surface area contributed by atoms with Crippen LogP contribution in [0.3, 0.4) is 0 Å². The molecule has 6 nitrogen and oxygen atoms in total. The molecule has 0 bridgehead atoms. The maximum atomic E-state index is 13.6. The van der Waals surface area contributed by atoms with Crippen molar-refractivity contribution in [1.82, 2.24) is 9.13 Å². The molecular formula is C17H17FN4O2.